The summed E-state index contributed by atoms with van der Waals surface area (Å²) in [6, 6.07) is -0.169. The van der Waals surface area contributed by atoms with Crippen molar-refractivity contribution in [2.75, 3.05) is 0 Å². The van der Waals surface area contributed by atoms with E-state index >= 15 is 0 Å². The summed E-state index contributed by atoms with van der Waals surface area (Å²) in [5.74, 6) is -1.95. The maximum atomic E-state index is 12.8. The fourth-order valence-electron chi connectivity index (χ4n) is 1.28. The second-order valence-corrected chi connectivity index (χ2v) is 3.60. The maximum Gasteiger partial charge on any atom is 0.403 e. The lowest BCUT2D eigenvalue weighted by Crippen LogP contribution is -2.38. The maximum absolute atomic E-state index is 12.8. The molecule has 0 fully saturated rings. The van der Waals surface area contributed by atoms with Crippen molar-refractivity contribution in [1.82, 2.24) is 0 Å². The van der Waals surface area contributed by atoms with Gasteiger partial charge in [0.15, 0.2) is 0 Å². The molecule has 0 aliphatic heterocycles. The zero-order valence-corrected chi connectivity index (χ0v) is 9.73. The van der Waals surface area contributed by atoms with Crippen molar-refractivity contribution in [3.63, 3.8) is 0 Å². The molecule has 0 aromatic heterocycles. The number of aliphatic hydroxyl groups excluding tert-OH is 1. The Morgan fingerprint density at radius 2 is 1.56 bits per heavy atom. The number of rotatable bonds is 3. The van der Waals surface area contributed by atoms with Crippen LogP contribution in [0, 0.1) is 11.6 Å². The monoisotopic (exact) mass is 291 g/mol. The lowest BCUT2D eigenvalue weighted by molar-refractivity contribution is -0.153. The van der Waals surface area contributed by atoms with Crippen molar-refractivity contribution in [1.29, 1.82) is 0 Å². The molecule has 0 saturated carbocycles. The molecule has 0 heterocycles. The van der Waals surface area contributed by atoms with Crippen molar-refractivity contribution >= 4 is 12.4 Å². The molecule has 104 valence electrons. The SMILES string of the molecule is Cl.N[C@H](C[C@H](O)c1cc(F)cc(F)c1)C(F)(F)F. The third-order valence-electron chi connectivity index (χ3n) is 2.17. The Balaban J connectivity index is 0.00000289. The molecule has 3 N–H and O–H groups in total. The van der Waals surface area contributed by atoms with Crippen molar-refractivity contribution in [2.45, 2.75) is 24.7 Å². The van der Waals surface area contributed by atoms with Gasteiger partial charge >= 0.3 is 6.18 Å². The van der Waals surface area contributed by atoms with Gasteiger partial charge in [0, 0.05) is 12.5 Å². The number of nitrogens with two attached hydrogens (primary N) is 1. The molecule has 1 rings (SSSR count). The molecule has 0 spiro atoms. The molecule has 0 saturated heterocycles. The number of hydrogen-bond acceptors (Lipinski definition) is 2. The highest BCUT2D eigenvalue weighted by molar-refractivity contribution is 5.85. The summed E-state index contributed by atoms with van der Waals surface area (Å²) in [4.78, 5) is 0. The average molecular weight is 292 g/mol. The van der Waals surface area contributed by atoms with Crippen LogP contribution in [0.2, 0.25) is 0 Å². The van der Waals surface area contributed by atoms with E-state index in [1.165, 1.54) is 0 Å². The van der Waals surface area contributed by atoms with Crippen LogP contribution >= 0.6 is 12.4 Å². The van der Waals surface area contributed by atoms with Crippen LogP contribution in [0.15, 0.2) is 18.2 Å². The predicted octanol–water partition coefficient (Wildman–Crippen LogP) is 2.70. The Kier molecular flexibility index (Phi) is 5.98. The van der Waals surface area contributed by atoms with E-state index in [0.717, 1.165) is 12.1 Å². The van der Waals surface area contributed by atoms with Crippen molar-refractivity contribution in [3.05, 3.63) is 35.4 Å². The molecule has 0 bridgehead atoms. The molecule has 0 aliphatic rings. The lowest BCUT2D eigenvalue weighted by atomic mass is 10.0. The Morgan fingerprint density at radius 3 is 1.94 bits per heavy atom. The van der Waals surface area contributed by atoms with Gasteiger partial charge in [-0.15, -0.1) is 12.4 Å². The van der Waals surface area contributed by atoms with Crippen LogP contribution < -0.4 is 5.73 Å². The highest BCUT2D eigenvalue weighted by atomic mass is 35.5. The predicted molar refractivity (Wildman–Crippen MR) is 57.2 cm³/mol. The first kappa shape index (κ1) is 17.1. The van der Waals surface area contributed by atoms with E-state index < -0.39 is 36.4 Å². The van der Waals surface area contributed by atoms with Gasteiger partial charge in [0.05, 0.1) is 6.10 Å². The van der Waals surface area contributed by atoms with E-state index in [9.17, 15) is 27.1 Å². The Hall–Kier alpha value is -0.920. The van der Waals surface area contributed by atoms with E-state index in [1.54, 1.807) is 0 Å². The highest BCUT2D eigenvalue weighted by Gasteiger charge is 2.38. The summed E-state index contributed by atoms with van der Waals surface area (Å²) in [5, 5.41) is 9.39. The molecule has 18 heavy (non-hydrogen) atoms. The Morgan fingerprint density at radius 1 is 1.11 bits per heavy atom. The molecule has 0 amide bonds. The first-order chi connectivity index (χ1) is 7.70. The summed E-state index contributed by atoms with van der Waals surface area (Å²) in [6.07, 6.45) is -7.18. The van der Waals surface area contributed by atoms with Crippen LogP contribution in [0.1, 0.15) is 18.1 Å². The van der Waals surface area contributed by atoms with Crippen LogP contribution in [0.3, 0.4) is 0 Å². The van der Waals surface area contributed by atoms with Gasteiger partial charge in [-0.25, -0.2) is 8.78 Å². The van der Waals surface area contributed by atoms with Gasteiger partial charge in [-0.1, -0.05) is 0 Å². The minimum absolute atomic E-state index is 0. The number of aliphatic hydroxyl groups is 1. The van der Waals surface area contributed by atoms with Crippen molar-refractivity contribution in [3.8, 4) is 0 Å². The first-order valence-corrected chi connectivity index (χ1v) is 4.66. The molecule has 0 radical (unpaired) electrons. The van der Waals surface area contributed by atoms with Crippen LogP contribution in [0.5, 0.6) is 0 Å². The second-order valence-electron chi connectivity index (χ2n) is 3.60. The zero-order chi connectivity index (χ0) is 13.2. The van der Waals surface area contributed by atoms with Gasteiger partial charge in [0.1, 0.15) is 17.7 Å². The summed E-state index contributed by atoms with van der Waals surface area (Å²) >= 11 is 0. The van der Waals surface area contributed by atoms with Crippen LogP contribution in [0.4, 0.5) is 22.0 Å². The number of alkyl halides is 3. The smallest absolute Gasteiger partial charge is 0.388 e. The van der Waals surface area contributed by atoms with Crippen LogP contribution in [0.25, 0.3) is 0 Å². The molecule has 8 heteroatoms. The van der Waals surface area contributed by atoms with E-state index in [4.69, 9.17) is 5.73 Å². The third-order valence-corrected chi connectivity index (χ3v) is 2.17. The largest absolute Gasteiger partial charge is 0.403 e. The van der Waals surface area contributed by atoms with Gasteiger partial charge < -0.3 is 10.8 Å². The number of hydrogen-bond donors (Lipinski definition) is 2. The summed E-state index contributed by atoms with van der Waals surface area (Å²) in [6.45, 7) is 0. The zero-order valence-electron chi connectivity index (χ0n) is 8.92. The third kappa shape index (κ3) is 4.75. The minimum atomic E-state index is -4.66. The molecule has 2 nitrogen and oxygen atoms in total. The van der Waals surface area contributed by atoms with E-state index in [2.05, 4.69) is 0 Å². The normalized spacial score (nSPS) is 14.8. The number of halogens is 6. The summed E-state index contributed by atoms with van der Waals surface area (Å²) in [5.41, 5.74) is 4.52. The van der Waals surface area contributed by atoms with Gasteiger partial charge in [-0.2, -0.15) is 13.2 Å². The average Bonchev–Trinajstić information content (AvgIpc) is 2.14. The lowest BCUT2D eigenvalue weighted by Gasteiger charge is -2.19. The van der Waals surface area contributed by atoms with Gasteiger partial charge in [-0.3, -0.25) is 0 Å². The van der Waals surface area contributed by atoms with Crippen molar-refractivity contribution < 1.29 is 27.1 Å². The molecular formula is C10H11ClF5NO. The van der Waals surface area contributed by atoms with E-state index in [-0.39, 0.29) is 18.0 Å². The van der Waals surface area contributed by atoms with Crippen LogP contribution in [-0.2, 0) is 0 Å². The number of benzene rings is 1. The second kappa shape index (κ2) is 6.31. The van der Waals surface area contributed by atoms with Gasteiger partial charge in [0.2, 0.25) is 0 Å². The first-order valence-electron chi connectivity index (χ1n) is 4.66. The summed E-state index contributed by atoms with van der Waals surface area (Å²) < 4.78 is 61.8. The van der Waals surface area contributed by atoms with Crippen molar-refractivity contribution in [2.24, 2.45) is 5.73 Å². The highest BCUT2D eigenvalue weighted by Crippen LogP contribution is 2.27. The van der Waals surface area contributed by atoms with Gasteiger partial charge in [-0.05, 0) is 17.7 Å². The Labute approximate surface area is 106 Å². The van der Waals surface area contributed by atoms with Crippen LogP contribution in [-0.4, -0.2) is 17.3 Å². The molecule has 2 atom stereocenters. The molecular weight excluding hydrogens is 281 g/mol. The molecule has 1 aromatic rings. The quantitative estimate of drug-likeness (QED) is 0.841. The topological polar surface area (TPSA) is 46.2 Å². The Bertz CT molecular complexity index is 378. The summed E-state index contributed by atoms with van der Waals surface area (Å²) in [7, 11) is 0. The fourth-order valence-corrected chi connectivity index (χ4v) is 1.28. The van der Waals surface area contributed by atoms with E-state index in [0.29, 0.717) is 6.07 Å². The molecule has 0 unspecified atom stereocenters. The minimum Gasteiger partial charge on any atom is -0.388 e. The fraction of sp³-hybridized carbons (Fsp3) is 0.400. The molecule has 0 aliphatic carbocycles. The molecule has 1 aromatic carbocycles. The standard InChI is InChI=1S/C10H10F5NO.ClH/c11-6-1-5(2-7(12)3-6)8(17)4-9(16)10(13,14)15;/h1-3,8-9,17H,4,16H2;1H/t8-,9+;/m0./s1. The van der Waals surface area contributed by atoms with E-state index in [1.807, 2.05) is 0 Å². The van der Waals surface area contributed by atoms with Gasteiger partial charge in [0.25, 0.3) is 0 Å².